The molecular formula is C13H14N2O. The van der Waals surface area contributed by atoms with Crippen LogP contribution < -0.4 is 0 Å². The van der Waals surface area contributed by atoms with Gasteiger partial charge in [-0.05, 0) is 19.4 Å². The number of aryl methyl sites for hydroxylation is 1. The quantitative estimate of drug-likeness (QED) is 0.758. The standard InChI is InChI=1S/C13H14N2O/c1-3-6-15-12(8-14)11-7-9(2)4-5-10(11)13(15)16/h4-5,7,12H,3,6H2,1-2H3. The Hall–Kier alpha value is -1.82. The highest BCUT2D eigenvalue weighted by Crippen LogP contribution is 2.33. The number of nitriles is 1. The first-order chi connectivity index (χ1) is 7.69. The maximum absolute atomic E-state index is 12.0. The molecule has 3 nitrogen and oxygen atoms in total. The fraction of sp³-hybridized carbons (Fsp3) is 0.385. The number of benzene rings is 1. The summed E-state index contributed by atoms with van der Waals surface area (Å²) in [7, 11) is 0. The lowest BCUT2D eigenvalue weighted by Gasteiger charge is -2.18. The zero-order chi connectivity index (χ0) is 11.7. The monoisotopic (exact) mass is 214 g/mol. The van der Waals surface area contributed by atoms with E-state index >= 15 is 0 Å². The Morgan fingerprint density at radius 1 is 1.50 bits per heavy atom. The molecule has 1 unspecified atom stereocenters. The predicted molar refractivity (Wildman–Crippen MR) is 60.9 cm³/mol. The van der Waals surface area contributed by atoms with Crippen LogP contribution in [-0.4, -0.2) is 17.4 Å². The molecule has 1 heterocycles. The minimum absolute atomic E-state index is 0.0107. The SMILES string of the molecule is CCCN1C(=O)c2ccc(C)cc2C1C#N. The van der Waals surface area contributed by atoms with Crippen molar-refractivity contribution >= 4 is 5.91 Å². The molecular weight excluding hydrogens is 200 g/mol. The van der Waals surface area contributed by atoms with Gasteiger partial charge < -0.3 is 4.90 Å². The van der Waals surface area contributed by atoms with Gasteiger partial charge in [0.2, 0.25) is 0 Å². The molecule has 1 aromatic rings. The number of carbonyl (C=O) groups is 1. The summed E-state index contributed by atoms with van der Waals surface area (Å²) in [5.74, 6) is -0.0107. The molecule has 1 aliphatic heterocycles. The average molecular weight is 214 g/mol. The average Bonchev–Trinajstić information content (AvgIpc) is 2.52. The number of rotatable bonds is 2. The fourth-order valence-corrected chi connectivity index (χ4v) is 2.15. The number of amides is 1. The number of hydrogen-bond donors (Lipinski definition) is 0. The Kier molecular flexibility index (Phi) is 2.66. The summed E-state index contributed by atoms with van der Waals surface area (Å²) in [5.41, 5.74) is 2.64. The van der Waals surface area contributed by atoms with Crippen molar-refractivity contribution in [1.82, 2.24) is 4.90 Å². The number of nitrogens with zero attached hydrogens (tertiary/aromatic N) is 2. The summed E-state index contributed by atoms with van der Waals surface area (Å²) < 4.78 is 0. The van der Waals surface area contributed by atoms with Crippen LogP contribution in [0.3, 0.4) is 0 Å². The van der Waals surface area contributed by atoms with Gasteiger partial charge >= 0.3 is 0 Å². The van der Waals surface area contributed by atoms with E-state index in [1.165, 1.54) is 0 Å². The zero-order valence-electron chi connectivity index (χ0n) is 9.53. The van der Waals surface area contributed by atoms with E-state index in [0.29, 0.717) is 12.1 Å². The van der Waals surface area contributed by atoms with Gasteiger partial charge in [-0.15, -0.1) is 0 Å². The van der Waals surface area contributed by atoms with Crippen LogP contribution in [0.4, 0.5) is 0 Å². The summed E-state index contributed by atoms with van der Waals surface area (Å²) in [6, 6.07) is 7.50. The smallest absolute Gasteiger partial charge is 0.255 e. The second-order valence-corrected chi connectivity index (χ2v) is 4.12. The lowest BCUT2D eigenvalue weighted by atomic mass is 10.0. The van der Waals surface area contributed by atoms with Crippen molar-refractivity contribution in [2.75, 3.05) is 6.54 Å². The van der Waals surface area contributed by atoms with Crippen molar-refractivity contribution in [3.63, 3.8) is 0 Å². The Balaban J connectivity index is 2.49. The van der Waals surface area contributed by atoms with Gasteiger partial charge in [0, 0.05) is 17.7 Å². The van der Waals surface area contributed by atoms with E-state index in [2.05, 4.69) is 6.07 Å². The maximum atomic E-state index is 12.0. The van der Waals surface area contributed by atoms with Gasteiger partial charge in [-0.3, -0.25) is 4.79 Å². The molecule has 0 aliphatic carbocycles. The minimum atomic E-state index is -0.401. The first kappa shape index (κ1) is 10.7. The van der Waals surface area contributed by atoms with Gasteiger partial charge in [0.1, 0.15) is 6.04 Å². The number of carbonyl (C=O) groups excluding carboxylic acids is 1. The Bertz CT molecular complexity index is 473. The van der Waals surface area contributed by atoms with Crippen LogP contribution >= 0.6 is 0 Å². The molecule has 16 heavy (non-hydrogen) atoms. The van der Waals surface area contributed by atoms with E-state index in [-0.39, 0.29) is 5.91 Å². The largest absolute Gasteiger partial charge is 0.319 e. The van der Waals surface area contributed by atoms with Gasteiger partial charge in [0.25, 0.3) is 5.91 Å². The van der Waals surface area contributed by atoms with Gasteiger partial charge in [-0.2, -0.15) is 5.26 Å². The van der Waals surface area contributed by atoms with Crippen LogP contribution in [0.2, 0.25) is 0 Å². The third-order valence-electron chi connectivity index (χ3n) is 2.89. The van der Waals surface area contributed by atoms with Crippen molar-refractivity contribution in [3.8, 4) is 6.07 Å². The molecule has 0 aromatic heterocycles. The topological polar surface area (TPSA) is 44.1 Å². The van der Waals surface area contributed by atoms with Gasteiger partial charge in [-0.1, -0.05) is 24.6 Å². The van der Waals surface area contributed by atoms with E-state index in [0.717, 1.165) is 17.5 Å². The van der Waals surface area contributed by atoms with Crippen molar-refractivity contribution in [1.29, 1.82) is 5.26 Å². The minimum Gasteiger partial charge on any atom is -0.319 e. The maximum Gasteiger partial charge on any atom is 0.255 e. The highest BCUT2D eigenvalue weighted by molar-refractivity contribution is 5.99. The molecule has 3 heteroatoms. The van der Waals surface area contributed by atoms with Crippen molar-refractivity contribution in [3.05, 3.63) is 34.9 Å². The van der Waals surface area contributed by atoms with Gasteiger partial charge in [0.15, 0.2) is 0 Å². The number of hydrogen-bond acceptors (Lipinski definition) is 2. The molecule has 0 saturated heterocycles. The summed E-state index contributed by atoms with van der Waals surface area (Å²) in [5, 5.41) is 9.17. The van der Waals surface area contributed by atoms with Crippen molar-refractivity contribution in [2.24, 2.45) is 0 Å². The lowest BCUT2D eigenvalue weighted by molar-refractivity contribution is 0.0758. The Morgan fingerprint density at radius 2 is 2.25 bits per heavy atom. The molecule has 82 valence electrons. The summed E-state index contributed by atoms with van der Waals surface area (Å²) in [4.78, 5) is 13.7. The molecule has 1 aliphatic rings. The number of fused-ring (bicyclic) bond motifs is 1. The normalized spacial score (nSPS) is 18.4. The molecule has 1 amide bonds. The third-order valence-corrected chi connectivity index (χ3v) is 2.89. The Labute approximate surface area is 95.3 Å². The van der Waals surface area contributed by atoms with Crippen LogP contribution in [-0.2, 0) is 0 Å². The highest BCUT2D eigenvalue weighted by atomic mass is 16.2. The molecule has 0 fully saturated rings. The summed E-state index contributed by atoms with van der Waals surface area (Å²) in [6.07, 6.45) is 0.872. The van der Waals surface area contributed by atoms with Crippen molar-refractivity contribution in [2.45, 2.75) is 26.3 Å². The van der Waals surface area contributed by atoms with Crippen LogP contribution in [0.1, 0.15) is 40.9 Å². The molecule has 0 bridgehead atoms. The first-order valence-electron chi connectivity index (χ1n) is 5.50. The van der Waals surface area contributed by atoms with Crippen LogP contribution in [0.25, 0.3) is 0 Å². The molecule has 2 rings (SSSR count). The highest BCUT2D eigenvalue weighted by Gasteiger charge is 2.35. The molecule has 0 N–H and O–H groups in total. The molecule has 0 spiro atoms. The van der Waals surface area contributed by atoms with Crippen LogP contribution in [0, 0.1) is 18.3 Å². The van der Waals surface area contributed by atoms with E-state index in [4.69, 9.17) is 0 Å². The Morgan fingerprint density at radius 3 is 2.88 bits per heavy atom. The molecule has 0 radical (unpaired) electrons. The molecule has 1 atom stereocenters. The second-order valence-electron chi connectivity index (χ2n) is 4.12. The first-order valence-corrected chi connectivity index (χ1v) is 5.50. The van der Waals surface area contributed by atoms with E-state index in [1.54, 1.807) is 4.90 Å². The third kappa shape index (κ3) is 1.47. The van der Waals surface area contributed by atoms with E-state index in [9.17, 15) is 10.1 Å². The lowest BCUT2D eigenvalue weighted by Crippen LogP contribution is -2.28. The predicted octanol–water partition coefficient (Wildman–Crippen LogP) is 2.43. The van der Waals surface area contributed by atoms with Gasteiger partial charge in [-0.25, -0.2) is 0 Å². The van der Waals surface area contributed by atoms with E-state index < -0.39 is 6.04 Å². The van der Waals surface area contributed by atoms with Crippen LogP contribution in [0.15, 0.2) is 18.2 Å². The van der Waals surface area contributed by atoms with Crippen molar-refractivity contribution < 1.29 is 4.79 Å². The summed E-state index contributed by atoms with van der Waals surface area (Å²) in [6.45, 7) is 4.63. The summed E-state index contributed by atoms with van der Waals surface area (Å²) >= 11 is 0. The van der Waals surface area contributed by atoms with Crippen LogP contribution in [0.5, 0.6) is 0 Å². The van der Waals surface area contributed by atoms with E-state index in [1.807, 2.05) is 32.0 Å². The zero-order valence-corrected chi connectivity index (χ0v) is 9.53. The fourth-order valence-electron chi connectivity index (χ4n) is 2.15. The second kappa shape index (κ2) is 3.97. The molecule has 0 saturated carbocycles. The van der Waals surface area contributed by atoms with Gasteiger partial charge in [0.05, 0.1) is 6.07 Å². The molecule has 1 aromatic carbocycles.